The molecule has 26 heavy (non-hydrogen) atoms. The minimum Gasteiger partial charge on any atom is -0.325 e. The van der Waals surface area contributed by atoms with Gasteiger partial charge in [0.25, 0.3) is 0 Å². The molecule has 0 saturated carbocycles. The van der Waals surface area contributed by atoms with E-state index in [1.165, 1.54) is 11.3 Å². The molecule has 0 bridgehead atoms. The highest BCUT2D eigenvalue weighted by Gasteiger charge is 2.30. The Morgan fingerprint density at radius 2 is 2.12 bits per heavy atom. The zero-order chi connectivity index (χ0) is 17.9. The normalized spacial score (nSPS) is 15.4. The Labute approximate surface area is 154 Å². The molecular formula is C19H16N4O2S. The molecule has 0 saturated heterocycles. The third-order valence-electron chi connectivity index (χ3n) is 4.28. The van der Waals surface area contributed by atoms with Gasteiger partial charge in [0, 0.05) is 35.4 Å². The fourth-order valence-electron chi connectivity index (χ4n) is 3.00. The summed E-state index contributed by atoms with van der Waals surface area (Å²) in [5.74, 6) is -0.472. The number of benzene rings is 1. The fraction of sp³-hybridized carbons (Fsp3) is 0.158. The summed E-state index contributed by atoms with van der Waals surface area (Å²) in [6, 6.07) is 11.4. The molecule has 1 aromatic carbocycles. The fourth-order valence-corrected chi connectivity index (χ4v) is 3.73. The van der Waals surface area contributed by atoms with E-state index in [0.29, 0.717) is 11.6 Å². The molecular weight excluding hydrogens is 348 g/mol. The lowest BCUT2D eigenvalue weighted by Gasteiger charge is -2.08. The van der Waals surface area contributed by atoms with Crippen molar-refractivity contribution in [3.05, 3.63) is 59.7 Å². The van der Waals surface area contributed by atoms with Crippen molar-refractivity contribution in [1.82, 2.24) is 9.97 Å². The van der Waals surface area contributed by atoms with Gasteiger partial charge in [0.05, 0.1) is 11.6 Å². The Balaban J connectivity index is 1.37. The van der Waals surface area contributed by atoms with Crippen molar-refractivity contribution < 1.29 is 9.59 Å². The molecule has 0 aliphatic carbocycles. The Hall–Kier alpha value is -3.06. The number of pyridine rings is 1. The van der Waals surface area contributed by atoms with Crippen molar-refractivity contribution >= 4 is 34.0 Å². The predicted molar refractivity (Wildman–Crippen MR) is 101 cm³/mol. The molecule has 2 amide bonds. The summed E-state index contributed by atoms with van der Waals surface area (Å²) < 4.78 is 0. The number of fused-ring (bicyclic) bond motifs is 1. The van der Waals surface area contributed by atoms with Crippen LogP contribution < -0.4 is 10.6 Å². The first-order chi connectivity index (χ1) is 12.7. The van der Waals surface area contributed by atoms with Gasteiger partial charge in [-0.3, -0.25) is 14.6 Å². The molecule has 1 atom stereocenters. The lowest BCUT2D eigenvalue weighted by atomic mass is 9.95. The topological polar surface area (TPSA) is 84.0 Å². The standard InChI is InChI=1S/C19H16N4O2S/c24-17(8-7-14-13-5-1-2-6-15(13)21-18(14)25)23-19-22-16(11-26-19)12-4-3-9-20-10-12/h1-6,9-11,14H,7-8H2,(H,21,25)(H,22,23,24). The number of hydrogen-bond donors (Lipinski definition) is 2. The highest BCUT2D eigenvalue weighted by atomic mass is 32.1. The Morgan fingerprint density at radius 1 is 1.23 bits per heavy atom. The van der Waals surface area contributed by atoms with E-state index in [1.807, 2.05) is 41.8 Å². The number of carbonyl (C=O) groups excluding carboxylic acids is 2. The first-order valence-electron chi connectivity index (χ1n) is 8.26. The molecule has 3 aromatic rings. The molecule has 0 radical (unpaired) electrons. The number of aromatic nitrogens is 2. The van der Waals surface area contributed by atoms with Crippen molar-refractivity contribution in [2.24, 2.45) is 0 Å². The SMILES string of the molecule is O=C(CCC1C(=O)Nc2ccccc21)Nc1nc(-c2cccnc2)cs1. The lowest BCUT2D eigenvalue weighted by molar-refractivity contribution is -0.118. The molecule has 3 heterocycles. The molecule has 0 spiro atoms. The van der Waals surface area contributed by atoms with Crippen molar-refractivity contribution in [2.75, 3.05) is 10.6 Å². The smallest absolute Gasteiger partial charge is 0.232 e. The maximum atomic E-state index is 12.2. The average Bonchev–Trinajstić information content (AvgIpc) is 3.24. The van der Waals surface area contributed by atoms with Crippen LogP contribution in [0.4, 0.5) is 10.8 Å². The molecule has 6 nitrogen and oxygen atoms in total. The largest absolute Gasteiger partial charge is 0.325 e. The highest BCUT2D eigenvalue weighted by molar-refractivity contribution is 7.14. The second-order valence-electron chi connectivity index (χ2n) is 6.00. The number of amides is 2. The first-order valence-corrected chi connectivity index (χ1v) is 9.14. The van der Waals surface area contributed by atoms with Crippen LogP contribution in [-0.2, 0) is 9.59 Å². The maximum Gasteiger partial charge on any atom is 0.232 e. The second-order valence-corrected chi connectivity index (χ2v) is 6.85. The van der Waals surface area contributed by atoms with Gasteiger partial charge in [-0.05, 0) is 30.2 Å². The number of para-hydroxylation sites is 1. The van der Waals surface area contributed by atoms with E-state index in [4.69, 9.17) is 0 Å². The van der Waals surface area contributed by atoms with Crippen LogP contribution in [0.2, 0.25) is 0 Å². The average molecular weight is 364 g/mol. The van der Waals surface area contributed by atoms with E-state index < -0.39 is 0 Å². The number of hydrogen-bond acceptors (Lipinski definition) is 5. The van der Waals surface area contributed by atoms with Gasteiger partial charge in [0.2, 0.25) is 11.8 Å². The zero-order valence-corrected chi connectivity index (χ0v) is 14.6. The van der Waals surface area contributed by atoms with Crippen molar-refractivity contribution in [2.45, 2.75) is 18.8 Å². The number of nitrogens with zero attached hydrogens (tertiary/aromatic N) is 2. The molecule has 1 aliphatic rings. The van der Waals surface area contributed by atoms with Crippen LogP contribution in [0.25, 0.3) is 11.3 Å². The minimum atomic E-state index is -0.279. The van der Waals surface area contributed by atoms with Crippen molar-refractivity contribution in [1.29, 1.82) is 0 Å². The molecule has 1 unspecified atom stereocenters. The van der Waals surface area contributed by atoms with Gasteiger partial charge in [0.1, 0.15) is 0 Å². The van der Waals surface area contributed by atoms with Gasteiger partial charge < -0.3 is 10.6 Å². The van der Waals surface area contributed by atoms with Gasteiger partial charge in [-0.1, -0.05) is 18.2 Å². The van der Waals surface area contributed by atoms with Gasteiger partial charge in [-0.15, -0.1) is 11.3 Å². The summed E-state index contributed by atoms with van der Waals surface area (Å²) >= 11 is 1.37. The number of anilines is 2. The van der Waals surface area contributed by atoms with Gasteiger partial charge in [-0.2, -0.15) is 0 Å². The van der Waals surface area contributed by atoms with Crippen LogP contribution in [0, 0.1) is 0 Å². The van der Waals surface area contributed by atoms with Gasteiger partial charge in [-0.25, -0.2) is 4.98 Å². The van der Waals surface area contributed by atoms with Crippen LogP contribution in [0.1, 0.15) is 24.3 Å². The number of thiazole rings is 1. The monoisotopic (exact) mass is 364 g/mol. The maximum absolute atomic E-state index is 12.2. The van der Waals surface area contributed by atoms with Crippen molar-refractivity contribution in [3.63, 3.8) is 0 Å². The van der Waals surface area contributed by atoms with E-state index >= 15 is 0 Å². The molecule has 2 N–H and O–H groups in total. The van der Waals surface area contributed by atoms with Gasteiger partial charge >= 0.3 is 0 Å². The first kappa shape index (κ1) is 16.4. The Bertz CT molecular complexity index is 955. The second kappa shape index (κ2) is 7.05. The van der Waals surface area contributed by atoms with Crippen LogP contribution in [0.15, 0.2) is 54.2 Å². The van der Waals surface area contributed by atoms with Crippen LogP contribution >= 0.6 is 11.3 Å². The van der Waals surface area contributed by atoms with E-state index in [2.05, 4.69) is 20.6 Å². The van der Waals surface area contributed by atoms with Crippen LogP contribution in [-0.4, -0.2) is 21.8 Å². The highest BCUT2D eigenvalue weighted by Crippen LogP contribution is 2.35. The summed E-state index contributed by atoms with van der Waals surface area (Å²) in [5.41, 5.74) is 3.48. The molecule has 0 fully saturated rings. The minimum absolute atomic E-state index is 0.0490. The predicted octanol–water partition coefficient (Wildman–Crippen LogP) is 3.66. The third-order valence-corrected chi connectivity index (χ3v) is 5.04. The lowest BCUT2D eigenvalue weighted by Crippen LogP contribution is -2.16. The summed E-state index contributed by atoms with van der Waals surface area (Å²) in [5, 5.41) is 8.10. The molecule has 2 aromatic heterocycles. The summed E-state index contributed by atoms with van der Waals surface area (Å²) in [6.07, 6.45) is 4.16. The molecule has 7 heteroatoms. The van der Waals surface area contributed by atoms with E-state index in [9.17, 15) is 9.59 Å². The number of rotatable bonds is 5. The van der Waals surface area contributed by atoms with E-state index in [-0.39, 0.29) is 24.2 Å². The van der Waals surface area contributed by atoms with Crippen LogP contribution in [0.3, 0.4) is 0 Å². The van der Waals surface area contributed by atoms with E-state index in [0.717, 1.165) is 22.5 Å². The van der Waals surface area contributed by atoms with Gasteiger partial charge in [0.15, 0.2) is 5.13 Å². The van der Waals surface area contributed by atoms with E-state index in [1.54, 1.807) is 12.4 Å². The quantitative estimate of drug-likeness (QED) is 0.724. The van der Waals surface area contributed by atoms with Crippen LogP contribution in [0.5, 0.6) is 0 Å². The Morgan fingerprint density at radius 3 is 2.96 bits per heavy atom. The number of nitrogens with one attached hydrogen (secondary N) is 2. The Kier molecular flexibility index (Phi) is 4.45. The summed E-state index contributed by atoms with van der Waals surface area (Å²) in [7, 11) is 0. The zero-order valence-electron chi connectivity index (χ0n) is 13.8. The number of carbonyl (C=O) groups is 2. The summed E-state index contributed by atoms with van der Waals surface area (Å²) in [4.78, 5) is 32.8. The molecule has 1 aliphatic heterocycles. The molecule has 130 valence electrons. The van der Waals surface area contributed by atoms with Crippen molar-refractivity contribution in [3.8, 4) is 11.3 Å². The molecule has 4 rings (SSSR count). The third kappa shape index (κ3) is 3.34. The summed E-state index contributed by atoms with van der Waals surface area (Å²) in [6.45, 7) is 0.